The van der Waals surface area contributed by atoms with Gasteiger partial charge in [0.15, 0.2) is 0 Å². The van der Waals surface area contributed by atoms with Crippen molar-refractivity contribution in [3.63, 3.8) is 0 Å². The summed E-state index contributed by atoms with van der Waals surface area (Å²) in [4.78, 5) is 19.1. The van der Waals surface area contributed by atoms with Crippen LogP contribution in [0.25, 0.3) is 11.1 Å². The van der Waals surface area contributed by atoms with Gasteiger partial charge in [-0.15, -0.1) is 0 Å². The van der Waals surface area contributed by atoms with E-state index in [1.807, 2.05) is 42.5 Å². The van der Waals surface area contributed by atoms with Crippen molar-refractivity contribution >= 4 is 11.6 Å². The monoisotopic (exact) mass is 375 g/mol. The lowest BCUT2D eigenvalue weighted by Crippen LogP contribution is -2.39. The van der Waals surface area contributed by atoms with Gasteiger partial charge in [-0.05, 0) is 72.5 Å². The molecule has 1 aromatic heterocycles. The van der Waals surface area contributed by atoms with Gasteiger partial charge in [-0.25, -0.2) is 4.39 Å². The zero-order chi connectivity index (χ0) is 19.3. The summed E-state index contributed by atoms with van der Waals surface area (Å²) in [5.74, 6) is -0.240. The van der Waals surface area contributed by atoms with Crippen LogP contribution in [-0.2, 0) is 11.3 Å². The first-order valence-electron chi connectivity index (χ1n) is 9.49. The van der Waals surface area contributed by atoms with E-state index in [1.54, 1.807) is 18.5 Å². The molecule has 0 aliphatic carbocycles. The number of hydrogen-bond acceptors (Lipinski definition) is 3. The van der Waals surface area contributed by atoms with Crippen LogP contribution in [0.3, 0.4) is 0 Å². The third kappa shape index (κ3) is 4.26. The number of nitrogens with one attached hydrogen (secondary N) is 1. The Hall–Kier alpha value is -3.05. The van der Waals surface area contributed by atoms with E-state index < -0.39 is 0 Å². The zero-order valence-electron chi connectivity index (χ0n) is 15.5. The number of pyridine rings is 1. The highest BCUT2D eigenvalue weighted by Crippen LogP contribution is 2.24. The van der Waals surface area contributed by atoms with Crippen LogP contribution in [-0.4, -0.2) is 28.4 Å². The Labute approximate surface area is 164 Å². The summed E-state index contributed by atoms with van der Waals surface area (Å²) < 4.78 is 13.4. The maximum Gasteiger partial charge on any atom is 0.241 e. The molecule has 5 heteroatoms. The van der Waals surface area contributed by atoms with Gasteiger partial charge in [-0.1, -0.05) is 24.3 Å². The summed E-state index contributed by atoms with van der Waals surface area (Å²) in [7, 11) is 0. The highest BCUT2D eigenvalue weighted by molar-refractivity contribution is 5.95. The van der Waals surface area contributed by atoms with Crippen LogP contribution in [0.1, 0.15) is 18.4 Å². The van der Waals surface area contributed by atoms with Gasteiger partial charge in [0.25, 0.3) is 0 Å². The van der Waals surface area contributed by atoms with E-state index in [4.69, 9.17) is 0 Å². The SMILES string of the molecule is O=C(Nc1ccc(-c2cccc(F)c2)cc1)[C@@H]1CCCN1Cc1ccncc1. The summed E-state index contributed by atoms with van der Waals surface area (Å²) in [5.41, 5.74) is 3.64. The Morgan fingerprint density at radius 3 is 2.61 bits per heavy atom. The molecule has 2 aromatic carbocycles. The largest absolute Gasteiger partial charge is 0.325 e. The van der Waals surface area contributed by atoms with Crippen molar-refractivity contribution < 1.29 is 9.18 Å². The van der Waals surface area contributed by atoms with Crippen LogP contribution in [0, 0.1) is 5.82 Å². The number of hydrogen-bond donors (Lipinski definition) is 1. The molecular formula is C23H22FN3O. The van der Waals surface area contributed by atoms with Gasteiger partial charge in [0.1, 0.15) is 5.82 Å². The number of nitrogens with zero attached hydrogens (tertiary/aromatic N) is 2. The van der Waals surface area contributed by atoms with Gasteiger partial charge in [0.05, 0.1) is 6.04 Å². The molecule has 1 aliphatic heterocycles. The highest BCUT2D eigenvalue weighted by atomic mass is 19.1. The normalized spacial score (nSPS) is 16.8. The Balaban J connectivity index is 1.41. The third-order valence-corrected chi connectivity index (χ3v) is 5.11. The molecule has 1 aliphatic rings. The second-order valence-corrected chi connectivity index (χ2v) is 7.06. The van der Waals surface area contributed by atoms with Crippen molar-refractivity contribution in [2.45, 2.75) is 25.4 Å². The number of likely N-dealkylation sites (tertiary alicyclic amines) is 1. The fourth-order valence-electron chi connectivity index (χ4n) is 3.67. The smallest absolute Gasteiger partial charge is 0.241 e. The lowest BCUT2D eigenvalue weighted by atomic mass is 10.1. The quantitative estimate of drug-likeness (QED) is 0.715. The number of aromatic nitrogens is 1. The van der Waals surface area contributed by atoms with E-state index in [9.17, 15) is 9.18 Å². The van der Waals surface area contributed by atoms with Gasteiger partial charge in [-0.3, -0.25) is 14.7 Å². The van der Waals surface area contributed by atoms with E-state index in [-0.39, 0.29) is 17.8 Å². The second-order valence-electron chi connectivity index (χ2n) is 7.06. The Morgan fingerprint density at radius 1 is 1.07 bits per heavy atom. The lowest BCUT2D eigenvalue weighted by molar-refractivity contribution is -0.120. The van der Waals surface area contributed by atoms with Crippen molar-refractivity contribution in [1.82, 2.24) is 9.88 Å². The van der Waals surface area contributed by atoms with E-state index >= 15 is 0 Å². The third-order valence-electron chi connectivity index (χ3n) is 5.11. The van der Waals surface area contributed by atoms with Crippen molar-refractivity contribution in [3.8, 4) is 11.1 Å². The molecule has 1 atom stereocenters. The second kappa shape index (κ2) is 8.31. The molecule has 1 N–H and O–H groups in total. The molecule has 4 rings (SSSR count). The van der Waals surface area contributed by atoms with Crippen LogP contribution in [0.15, 0.2) is 73.1 Å². The predicted molar refractivity (Wildman–Crippen MR) is 108 cm³/mol. The van der Waals surface area contributed by atoms with Crippen LogP contribution < -0.4 is 5.32 Å². The van der Waals surface area contributed by atoms with Crippen molar-refractivity contribution in [2.24, 2.45) is 0 Å². The molecule has 0 saturated carbocycles. The fourth-order valence-corrected chi connectivity index (χ4v) is 3.67. The Kier molecular flexibility index (Phi) is 5.44. The van der Waals surface area contributed by atoms with E-state index in [2.05, 4.69) is 15.2 Å². The first kappa shape index (κ1) is 18.3. The van der Waals surface area contributed by atoms with E-state index in [0.29, 0.717) is 0 Å². The fraction of sp³-hybridized carbons (Fsp3) is 0.217. The minimum atomic E-state index is -0.259. The van der Waals surface area contributed by atoms with Gasteiger partial charge >= 0.3 is 0 Å². The van der Waals surface area contributed by atoms with Gasteiger partial charge in [-0.2, -0.15) is 0 Å². The first-order valence-corrected chi connectivity index (χ1v) is 9.49. The number of carbonyl (C=O) groups excluding carboxylic acids is 1. The number of rotatable bonds is 5. The molecule has 0 bridgehead atoms. The maximum atomic E-state index is 13.4. The Bertz CT molecular complexity index is 944. The average Bonchev–Trinajstić information content (AvgIpc) is 3.17. The molecule has 28 heavy (non-hydrogen) atoms. The molecule has 2 heterocycles. The van der Waals surface area contributed by atoms with E-state index in [1.165, 1.54) is 12.1 Å². The van der Waals surface area contributed by atoms with Gasteiger partial charge in [0.2, 0.25) is 5.91 Å². The van der Waals surface area contributed by atoms with Crippen LogP contribution in [0.4, 0.5) is 10.1 Å². The molecule has 4 nitrogen and oxygen atoms in total. The lowest BCUT2D eigenvalue weighted by Gasteiger charge is -2.23. The molecular weight excluding hydrogens is 353 g/mol. The van der Waals surface area contributed by atoms with Gasteiger partial charge in [0, 0.05) is 24.6 Å². The summed E-state index contributed by atoms with van der Waals surface area (Å²) in [5, 5.41) is 3.02. The molecule has 1 fully saturated rings. The first-order chi connectivity index (χ1) is 13.7. The summed E-state index contributed by atoms with van der Waals surface area (Å²) >= 11 is 0. The zero-order valence-corrected chi connectivity index (χ0v) is 15.5. The average molecular weight is 375 g/mol. The maximum absolute atomic E-state index is 13.4. The number of anilines is 1. The van der Waals surface area contributed by atoms with Crippen molar-refractivity contribution in [3.05, 3.63) is 84.4 Å². The van der Waals surface area contributed by atoms with Gasteiger partial charge < -0.3 is 5.32 Å². The van der Waals surface area contributed by atoms with Crippen LogP contribution in [0.2, 0.25) is 0 Å². The van der Waals surface area contributed by atoms with Crippen molar-refractivity contribution in [1.29, 1.82) is 0 Å². The highest BCUT2D eigenvalue weighted by Gasteiger charge is 2.30. The summed E-state index contributed by atoms with van der Waals surface area (Å²) in [6.07, 6.45) is 5.43. The van der Waals surface area contributed by atoms with Crippen molar-refractivity contribution in [2.75, 3.05) is 11.9 Å². The summed E-state index contributed by atoms with van der Waals surface area (Å²) in [6.45, 7) is 1.66. The summed E-state index contributed by atoms with van der Waals surface area (Å²) in [6, 6.07) is 17.8. The molecule has 142 valence electrons. The number of halogens is 1. The molecule has 0 spiro atoms. The number of benzene rings is 2. The predicted octanol–water partition coefficient (Wildman–Crippen LogP) is 4.49. The molecule has 3 aromatic rings. The standard InChI is InChI=1S/C23H22FN3O/c24-20-4-1-3-19(15-20)18-6-8-21(9-7-18)26-23(28)22-5-2-14-27(22)16-17-10-12-25-13-11-17/h1,3-4,6-13,15,22H,2,5,14,16H2,(H,26,28)/t22-/m0/s1. The minimum Gasteiger partial charge on any atom is -0.325 e. The Morgan fingerprint density at radius 2 is 1.86 bits per heavy atom. The molecule has 1 saturated heterocycles. The topological polar surface area (TPSA) is 45.2 Å². The van der Waals surface area contributed by atoms with Crippen LogP contribution in [0.5, 0.6) is 0 Å². The van der Waals surface area contributed by atoms with Crippen LogP contribution >= 0.6 is 0 Å². The molecule has 1 amide bonds. The molecule has 0 radical (unpaired) electrons. The minimum absolute atomic E-state index is 0.0186. The van der Waals surface area contributed by atoms with E-state index in [0.717, 1.165) is 48.3 Å². The number of carbonyl (C=O) groups is 1. The molecule has 0 unspecified atom stereocenters. The number of amides is 1.